The number of aryl methyl sites for hydroxylation is 1. The summed E-state index contributed by atoms with van der Waals surface area (Å²) in [6.07, 6.45) is -0.571. The third kappa shape index (κ3) is 4.80. The zero-order chi connectivity index (χ0) is 22.1. The lowest BCUT2D eigenvalue weighted by atomic mass is 9.86. The van der Waals surface area contributed by atoms with Crippen molar-refractivity contribution in [2.24, 2.45) is 11.1 Å². The second-order valence-electron chi connectivity index (χ2n) is 8.70. The minimum Gasteiger partial charge on any atom is -0.391 e. The first-order valence-corrected chi connectivity index (χ1v) is 10.8. The molecule has 2 heterocycles. The molecule has 1 fully saturated rings. The van der Waals surface area contributed by atoms with Gasteiger partial charge in [0.1, 0.15) is 6.04 Å². The Labute approximate surface area is 180 Å². The molecule has 8 nitrogen and oxygen atoms in total. The van der Waals surface area contributed by atoms with E-state index in [1.807, 2.05) is 57.5 Å². The van der Waals surface area contributed by atoms with Crippen molar-refractivity contribution in [3.8, 4) is 10.4 Å². The lowest BCUT2D eigenvalue weighted by Gasteiger charge is -2.32. The van der Waals surface area contributed by atoms with Crippen LogP contribution in [-0.2, 0) is 9.59 Å². The summed E-state index contributed by atoms with van der Waals surface area (Å²) in [7, 11) is 0. The Bertz CT molecular complexity index is 906. The molecule has 1 unspecified atom stereocenters. The van der Waals surface area contributed by atoms with Gasteiger partial charge in [-0.1, -0.05) is 32.9 Å². The van der Waals surface area contributed by atoms with E-state index in [1.54, 1.807) is 11.3 Å². The molecule has 1 saturated heterocycles. The number of carbonyl (C=O) groups is 2. The lowest BCUT2D eigenvalue weighted by molar-refractivity contribution is -0.141. The summed E-state index contributed by atoms with van der Waals surface area (Å²) < 4.78 is 0. The molecule has 2 aromatic rings. The minimum atomic E-state index is -0.771. The van der Waals surface area contributed by atoms with Crippen molar-refractivity contribution < 1.29 is 14.7 Å². The summed E-state index contributed by atoms with van der Waals surface area (Å²) >= 11 is 1.58. The number of nitrogens with one attached hydrogen (secondary N) is 2. The van der Waals surface area contributed by atoms with E-state index in [4.69, 9.17) is 5.73 Å². The maximum atomic E-state index is 12.8. The second-order valence-corrected chi connectivity index (χ2v) is 9.55. The molecule has 1 aliphatic rings. The van der Waals surface area contributed by atoms with Crippen LogP contribution in [0.2, 0.25) is 0 Å². The van der Waals surface area contributed by atoms with Crippen molar-refractivity contribution in [3.05, 3.63) is 35.5 Å². The quantitative estimate of drug-likeness (QED) is 0.537. The topological polar surface area (TPSA) is 121 Å². The van der Waals surface area contributed by atoms with E-state index < -0.39 is 23.6 Å². The van der Waals surface area contributed by atoms with Gasteiger partial charge in [-0.2, -0.15) is 0 Å². The van der Waals surface area contributed by atoms with Gasteiger partial charge in [-0.15, -0.1) is 11.3 Å². The van der Waals surface area contributed by atoms with Crippen molar-refractivity contribution in [1.29, 1.82) is 0 Å². The molecule has 30 heavy (non-hydrogen) atoms. The number of amides is 2. The number of nitrogens with two attached hydrogens (primary N) is 1. The van der Waals surface area contributed by atoms with Gasteiger partial charge in [0.15, 0.2) is 0 Å². The average Bonchev–Trinajstić information content (AvgIpc) is 3.30. The van der Waals surface area contributed by atoms with Crippen LogP contribution < -0.4 is 16.6 Å². The predicted octanol–water partition coefficient (Wildman–Crippen LogP) is 1.90. The number of carbonyl (C=O) groups excluding carboxylic acids is 2. The Hall–Kier alpha value is -2.49. The monoisotopic (exact) mass is 431 g/mol. The smallest absolute Gasteiger partial charge is 0.261 e. The molecule has 2 amide bonds. The number of rotatable bonds is 5. The molecule has 1 aliphatic heterocycles. The van der Waals surface area contributed by atoms with Gasteiger partial charge in [0.05, 0.1) is 33.9 Å². The molecule has 9 heteroatoms. The van der Waals surface area contributed by atoms with Crippen molar-refractivity contribution in [1.82, 2.24) is 15.3 Å². The highest BCUT2D eigenvalue weighted by atomic mass is 32.1. The number of anilines is 1. The van der Waals surface area contributed by atoms with Crippen LogP contribution in [0.3, 0.4) is 0 Å². The highest BCUT2D eigenvalue weighted by Crippen LogP contribution is 2.28. The highest BCUT2D eigenvalue weighted by molar-refractivity contribution is 7.13. The lowest BCUT2D eigenvalue weighted by Crippen LogP contribution is -2.55. The second kappa shape index (κ2) is 8.71. The van der Waals surface area contributed by atoms with E-state index in [2.05, 4.69) is 15.8 Å². The molecule has 1 aromatic carbocycles. The molecule has 0 bridgehead atoms. The van der Waals surface area contributed by atoms with Crippen LogP contribution >= 0.6 is 11.3 Å². The summed E-state index contributed by atoms with van der Waals surface area (Å²) in [6, 6.07) is 6.09. The summed E-state index contributed by atoms with van der Waals surface area (Å²) in [5, 5.41) is 10.0. The number of aliphatic hydroxyl groups excluding tert-OH is 1. The van der Waals surface area contributed by atoms with Gasteiger partial charge in [0.25, 0.3) is 5.91 Å². The SMILES string of the molecule is Cc1ncsc1-c1ccc(NNC(=O)[C@@H]2C[C@@H](O)CN2C(=O)C(N)C(C)(C)C)cc1. The third-order valence-corrected chi connectivity index (χ3v) is 6.26. The Morgan fingerprint density at radius 1 is 1.30 bits per heavy atom. The van der Waals surface area contributed by atoms with Crippen LogP contribution in [0.15, 0.2) is 29.8 Å². The van der Waals surface area contributed by atoms with Gasteiger partial charge in [-0.25, -0.2) is 4.98 Å². The minimum absolute atomic E-state index is 0.101. The van der Waals surface area contributed by atoms with Crippen molar-refractivity contribution in [2.75, 3.05) is 12.0 Å². The van der Waals surface area contributed by atoms with Crippen LogP contribution in [0.25, 0.3) is 10.4 Å². The van der Waals surface area contributed by atoms with Gasteiger partial charge < -0.3 is 15.7 Å². The Morgan fingerprint density at radius 3 is 2.53 bits per heavy atom. The molecular formula is C21H29N5O3S. The van der Waals surface area contributed by atoms with Crippen molar-refractivity contribution in [3.63, 3.8) is 0 Å². The number of hydrogen-bond donors (Lipinski definition) is 4. The highest BCUT2D eigenvalue weighted by Gasteiger charge is 2.42. The third-order valence-electron chi connectivity index (χ3n) is 5.29. The first kappa shape index (κ1) is 22.2. The van der Waals surface area contributed by atoms with Gasteiger partial charge >= 0.3 is 0 Å². The zero-order valence-electron chi connectivity index (χ0n) is 17.7. The van der Waals surface area contributed by atoms with Crippen molar-refractivity contribution >= 4 is 28.8 Å². The average molecular weight is 432 g/mol. The molecule has 3 atom stereocenters. The van der Waals surface area contributed by atoms with Gasteiger partial charge in [-0.05, 0) is 30.0 Å². The van der Waals surface area contributed by atoms with E-state index in [0.29, 0.717) is 5.69 Å². The number of benzene rings is 1. The Balaban J connectivity index is 1.63. The molecule has 5 N–H and O–H groups in total. The number of likely N-dealkylation sites (tertiary alicyclic amines) is 1. The van der Waals surface area contributed by atoms with E-state index in [-0.39, 0.29) is 24.8 Å². The predicted molar refractivity (Wildman–Crippen MR) is 118 cm³/mol. The molecule has 0 radical (unpaired) electrons. The van der Waals surface area contributed by atoms with Crippen LogP contribution in [0, 0.1) is 12.3 Å². The zero-order valence-corrected chi connectivity index (χ0v) is 18.5. The number of thiazole rings is 1. The Kier molecular flexibility index (Phi) is 6.44. The van der Waals surface area contributed by atoms with E-state index in [0.717, 1.165) is 16.1 Å². The summed E-state index contributed by atoms with van der Waals surface area (Å²) in [5.41, 5.74) is 15.7. The molecule has 162 valence electrons. The number of aromatic nitrogens is 1. The summed E-state index contributed by atoms with van der Waals surface area (Å²) in [4.78, 5) is 32.3. The van der Waals surface area contributed by atoms with Gasteiger partial charge in [0, 0.05) is 13.0 Å². The Morgan fingerprint density at radius 2 is 1.97 bits per heavy atom. The fraction of sp³-hybridized carbons (Fsp3) is 0.476. The van der Waals surface area contributed by atoms with Crippen molar-refractivity contribution in [2.45, 2.75) is 52.3 Å². The molecule has 0 saturated carbocycles. The molecule has 1 aromatic heterocycles. The molecular weight excluding hydrogens is 402 g/mol. The number of hydrogen-bond acceptors (Lipinski definition) is 7. The van der Waals surface area contributed by atoms with Gasteiger partial charge in [-0.3, -0.25) is 20.4 Å². The largest absolute Gasteiger partial charge is 0.391 e. The first-order chi connectivity index (χ1) is 14.1. The van der Waals surface area contributed by atoms with Gasteiger partial charge in [0.2, 0.25) is 5.91 Å². The maximum Gasteiger partial charge on any atom is 0.261 e. The van der Waals surface area contributed by atoms with Crippen LogP contribution in [0.4, 0.5) is 5.69 Å². The summed E-state index contributed by atoms with van der Waals surface area (Å²) in [5.74, 6) is -0.716. The van der Waals surface area contributed by atoms with E-state index in [1.165, 1.54) is 4.90 Å². The summed E-state index contributed by atoms with van der Waals surface area (Å²) in [6.45, 7) is 7.68. The number of nitrogens with zero attached hydrogens (tertiary/aromatic N) is 2. The first-order valence-electron chi connectivity index (χ1n) is 9.88. The number of aliphatic hydroxyl groups is 1. The van der Waals surface area contributed by atoms with Crippen LogP contribution in [-0.4, -0.2) is 51.5 Å². The number of hydrazine groups is 1. The standard InChI is InChI=1S/C21H29N5O3S/c1-12-17(30-11-23-12)13-5-7-14(8-6-13)24-25-19(28)16-9-15(27)10-26(16)20(29)18(22)21(2,3)4/h5-8,11,15-16,18,24,27H,9-10,22H2,1-4H3,(H,25,28)/t15-,16+,18?/m1/s1. The fourth-order valence-electron chi connectivity index (χ4n) is 3.36. The molecule has 0 aliphatic carbocycles. The van der Waals surface area contributed by atoms with E-state index >= 15 is 0 Å². The van der Waals surface area contributed by atoms with E-state index in [9.17, 15) is 14.7 Å². The fourth-order valence-corrected chi connectivity index (χ4v) is 4.17. The van der Waals surface area contributed by atoms with Crippen LogP contribution in [0.1, 0.15) is 32.9 Å². The molecule has 0 spiro atoms. The number of β-amino-alcohol motifs (C(OH)–C–C–N with tert-alkyl or cyclic N) is 1. The maximum absolute atomic E-state index is 12.8. The van der Waals surface area contributed by atoms with Crippen LogP contribution in [0.5, 0.6) is 0 Å². The normalized spacial score (nSPS) is 20.1. The molecule has 3 rings (SSSR count).